The first kappa shape index (κ1) is 13.3. The molecule has 1 saturated heterocycles. The maximum atomic E-state index is 5.36. The topological polar surface area (TPSA) is 54.2 Å². The van der Waals surface area contributed by atoms with E-state index in [1.54, 1.807) is 0 Å². The van der Waals surface area contributed by atoms with Crippen molar-refractivity contribution in [3.8, 4) is 11.4 Å². The van der Waals surface area contributed by atoms with Gasteiger partial charge in [-0.15, -0.1) is 0 Å². The van der Waals surface area contributed by atoms with Crippen LogP contribution >= 0.6 is 0 Å². The van der Waals surface area contributed by atoms with Crippen molar-refractivity contribution in [1.29, 1.82) is 0 Å². The van der Waals surface area contributed by atoms with Crippen LogP contribution < -0.4 is 5.32 Å². The molecule has 2 heterocycles. The Morgan fingerprint density at radius 3 is 2.90 bits per heavy atom. The standard InChI is InChI=1S/C15H20N4O/c1-11-3-5-13(6-4-11)15-17-14(20-18-15)10-19-8-7-16-12(2)9-19/h3-6,12,16H,7-10H2,1-2H3/t12-/m1/s1. The Bertz CT molecular complexity index is 564. The zero-order valence-corrected chi connectivity index (χ0v) is 12.0. The highest BCUT2D eigenvalue weighted by Gasteiger charge is 2.18. The molecule has 1 N–H and O–H groups in total. The summed E-state index contributed by atoms with van der Waals surface area (Å²) in [7, 11) is 0. The molecule has 1 aromatic carbocycles. The van der Waals surface area contributed by atoms with Crippen molar-refractivity contribution in [3.63, 3.8) is 0 Å². The fraction of sp³-hybridized carbons (Fsp3) is 0.467. The number of rotatable bonds is 3. The van der Waals surface area contributed by atoms with Gasteiger partial charge in [0.2, 0.25) is 11.7 Å². The van der Waals surface area contributed by atoms with Crippen LogP contribution in [0.1, 0.15) is 18.4 Å². The number of hydrogen-bond acceptors (Lipinski definition) is 5. The Morgan fingerprint density at radius 1 is 1.35 bits per heavy atom. The van der Waals surface area contributed by atoms with Crippen molar-refractivity contribution in [2.45, 2.75) is 26.4 Å². The molecule has 0 amide bonds. The van der Waals surface area contributed by atoms with E-state index < -0.39 is 0 Å². The average molecular weight is 272 g/mol. The van der Waals surface area contributed by atoms with Gasteiger partial charge in [0.25, 0.3) is 0 Å². The fourth-order valence-electron chi connectivity index (χ4n) is 2.49. The Balaban J connectivity index is 1.69. The number of aromatic nitrogens is 2. The molecule has 0 bridgehead atoms. The summed E-state index contributed by atoms with van der Waals surface area (Å²) in [5.74, 6) is 1.36. The van der Waals surface area contributed by atoms with Gasteiger partial charge in [-0.25, -0.2) is 0 Å². The molecule has 5 nitrogen and oxygen atoms in total. The first-order valence-corrected chi connectivity index (χ1v) is 7.06. The van der Waals surface area contributed by atoms with E-state index in [0.717, 1.165) is 31.7 Å². The number of nitrogens with one attached hydrogen (secondary N) is 1. The van der Waals surface area contributed by atoms with Crippen LogP contribution in [0.2, 0.25) is 0 Å². The minimum Gasteiger partial charge on any atom is -0.338 e. The van der Waals surface area contributed by atoms with Gasteiger partial charge in [0, 0.05) is 31.2 Å². The van der Waals surface area contributed by atoms with Crippen LogP contribution in [0.25, 0.3) is 11.4 Å². The number of hydrogen-bond donors (Lipinski definition) is 1. The molecule has 0 spiro atoms. The normalized spacial score (nSPS) is 20.2. The maximum Gasteiger partial charge on any atom is 0.241 e. The van der Waals surface area contributed by atoms with E-state index >= 15 is 0 Å². The predicted molar refractivity (Wildman–Crippen MR) is 77.2 cm³/mol. The van der Waals surface area contributed by atoms with Crippen molar-refractivity contribution < 1.29 is 4.52 Å². The summed E-state index contributed by atoms with van der Waals surface area (Å²) in [6, 6.07) is 8.68. The molecular formula is C15H20N4O. The Kier molecular flexibility index (Phi) is 3.80. The highest BCUT2D eigenvalue weighted by molar-refractivity contribution is 5.54. The van der Waals surface area contributed by atoms with Crippen LogP contribution in [-0.4, -0.2) is 40.7 Å². The second-order valence-corrected chi connectivity index (χ2v) is 5.47. The van der Waals surface area contributed by atoms with Crippen molar-refractivity contribution in [2.75, 3.05) is 19.6 Å². The molecule has 2 aromatic rings. The Morgan fingerprint density at radius 2 is 2.15 bits per heavy atom. The third-order valence-electron chi connectivity index (χ3n) is 3.59. The highest BCUT2D eigenvalue weighted by atomic mass is 16.5. The molecule has 106 valence electrons. The van der Waals surface area contributed by atoms with Gasteiger partial charge in [-0.1, -0.05) is 35.0 Å². The summed E-state index contributed by atoms with van der Waals surface area (Å²) in [5, 5.41) is 7.50. The number of piperazine rings is 1. The van der Waals surface area contributed by atoms with Gasteiger partial charge < -0.3 is 9.84 Å². The fourth-order valence-corrected chi connectivity index (χ4v) is 2.49. The lowest BCUT2D eigenvalue weighted by Gasteiger charge is -2.30. The molecule has 1 aliphatic heterocycles. The van der Waals surface area contributed by atoms with Crippen LogP contribution in [0.4, 0.5) is 0 Å². The average Bonchev–Trinajstić information content (AvgIpc) is 2.88. The van der Waals surface area contributed by atoms with Crippen LogP contribution in [0.15, 0.2) is 28.8 Å². The number of benzene rings is 1. The first-order valence-electron chi connectivity index (χ1n) is 7.06. The summed E-state index contributed by atoms with van der Waals surface area (Å²) in [6.45, 7) is 8.04. The molecule has 0 unspecified atom stereocenters. The van der Waals surface area contributed by atoms with E-state index in [2.05, 4.69) is 46.3 Å². The predicted octanol–water partition coefficient (Wildman–Crippen LogP) is 1.84. The van der Waals surface area contributed by atoms with Gasteiger partial charge in [-0.05, 0) is 13.8 Å². The van der Waals surface area contributed by atoms with Crippen molar-refractivity contribution in [2.24, 2.45) is 0 Å². The molecule has 0 radical (unpaired) electrons. The molecule has 3 rings (SSSR count). The lowest BCUT2D eigenvalue weighted by Crippen LogP contribution is -2.48. The van der Waals surface area contributed by atoms with Crippen molar-refractivity contribution in [1.82, 2.24) is 20.4 Å². The highest BCUT2D eigenvalue weighted by Crippen LogP contribution is 2.17. The van der Waals surface area contributed by atoms with Crippen LogP contribution in [0.3, 0.4) is 0 Å². The third-order valence-corrected chi connectivity index (χ3v) is 3.59. The van der Waals surface area contributed by atoms with E-state index in [1.165, 1.54) is 5.56 Å². The monoisotopic (exact) mass is 272 g/mol. The molecule has 1 atom stereocenters. The molecule has 1 fully saturated rings. The summed E-state index contributed by atoms with van der Waals surface area (Å²) in [4.78, 5) is 6.83. The van der Waals surface area contributed by atoms with Crippen molar-refractivity contribution in [3.05, 3.63) is 35.7 Å². The molecule has 20 heavy (non-hydrogen) atoms. The molecule has 5 heteroatoms. The second kappa shape index (κ2) is 5.73. The molecule has 0 saturated carbocycles. The van der Waals surface area contributed by atoms with Crippen LogP contribution in [0.5, 0.6) is 0 Å². The lowest BCUT2D eigenvalue weighted by molar-refractivity contribution is 0.177. The first-order chi connectivity index (χ1) is 9.70. The minimum atomic E-state index is 0.517. The Labute approximate surface area is 119 Å². The maximum absolute atomic E-state index is 5.36. The quantitative estimate of drug-likeness (QED) is 0.924. The number of aryl methyl sites for hydroxylation is 1. The van der Waals surface area contributed by atoms with Gasteiger partial charge in [-0.3, -0.25) is 4.90 Å². The summed E-state index contributed by atoms with van der Waals surface area (Å²) in [6.07, 6.45) is 0. The van der Waals surface area contributed by atoms with E-state index in [0.29, 0.717) is 17.8 Å². The van der Waals surface area contributed by atoms with Gasteiger partial charge in [0.15, 0.2) is 0 Å². The van der Waals surface area contributed by atoms with E-state index in [9.17, 15) is 0 Å². The second-order valence-electron chi connectivity index (χ2n) is 5.47. The third kappa shape index (κ3) is 3.05. The lowest BCUT2D eigenvalue weighted by atomic mass is 10.1. The zero-order chi connectivity index (χ0) is 13.9. The van der Waals surface area contributed by atoms with Gasteiger partial charge in [0.05, 0.1) is 6.54 Å². The summed E-state index contributed by atoms with van der Waals surface area (Å²) < 4.78 is 5.36. The van der Waals surface area contributed by atoms with Crippen LogP contribution in [0, 0.1) is 6.92 Å². The van der Waals surface area contributed by atoms with E-state index in [4.69, 9.17) is 4.52 Å². The van der Waals surface area contributed by atoms with Gasteiger partial charge in [-0.2, -0.15) is 4.98 Å². The van der Waals surface area contributed by atoms with E-state index in [1.807, 2.05) is 12.1 Å². The number of nitrogens with zero attached hydrogens (tertiary/aromatic N) is 3. The summed E-state index contributed by atoms with van der Waals surface area (Å²) >= 11 is 0. The van der Waals surface area contributed by atoms with Gasteiger partial charge in [0.1, 0.15) is 0 Å². The Hall–Kier alpha value is -1.72. The zero-order valence-electron chi connectivity index (χ0n) is 12.0. The smallest absolute Gasteiger partial charge is 0.241 e. The summed E-state index contributed by atoms with van der Waals surface area (Å²) in [5.41, 5.74) is 2.23. The molecule has 1 aromatic heterocycles. The largest absolute Gasteiger partial charge is 0.338 e. The van der Waals surface area contributed by atoms with E-state index in [-0.39, 0.29) is 0 Å². The van der Waals surface area contributed by atoms with Crippen molar-refractivity contribution >= 4 is 0 Å². The van der Waals surface area contributed by atoms with Gasteiger partial charge >= 0.3 is 0 Å². The SMILES string of the molecule is Cc1ccc(-c2noc(CN3CCN[C@H](C)C3)n2)cc1. The molecular weight excluding hydrogens is 252 g/mol. The van der Waals surface area contributed by atoms with Crippen LogP contribution in [-0.2, 0) is 6.54 Å². The minimum absolute atomic E-state index is 0.517. The molecule has 1 aliphatic rings. The molecule has 0 aliphatic carbocycles.